The number of hydrogen-bond donors (Lipinski definition) is 1. The molecule has 1 rings (SSSR count). The molecular formula is C18H31NO. The van der Waals surface area contributed by atoms with Crippen molar-refractivity contribution in [2.45, 2.75) is 53.0 Å². The van der Waals surface area contributed by atoms with Crippen molar-refractivity contribution >= 4 is 6.08 Å². The minimum atomic E-state index is 0.704. The maximum atomic E-state index is 5.45. The molecule has 0 aromatic heterocycles. The van der Waals surface area contributed by atoms with Gasteiger partial charge in [-0.05, 0) is 50.4 Å². The highest BCUT2D eigenvalue weighted by molar-refractivity contribution is 5.49. The first kappa shape index (κ1) is 18.7. The molecule has 0 aliphatic rings. The summed E-state index contributed by atoms with van der Waals surface area (Å²) in [5.74, 6) is 0.925. The van der Waals surface area contributed by atoms with Crippen LogP contribution in [0.3, 0.4) is 0 Å². The van der Waals surface area contributed by atoms with Crippen LogP contribution < -0.4 is 10.1 Å². The molecule has 1 atom stereocenters. The third kappa shape index (κ3) is 9.62. The fourth-order valence-corrected chi connectivity index (χ4v) is 1.49. The van der Waals surface area contributed by atoms with Gasteiger partial charge in [-0.1, -0.05) is 45.6 Å². The summed E-state index contributed by atoms with van der Waals surface area (Å²) < 4.78 is 5.45. The van der Waals surface area contributed by atoms with E-state index in [4.69, 9.17) is 4.74 Å². The standard InChI is InChI=1S/C11H14O.C7H17N/c1-3-8-12-11-7-5-6-10(4-2)9-11;1-4-6-8-7(3)5-2/h4-7,9H,2-3,8H2,1H3;7-8H,4-6H2,1-3H3. The summed E-state index contributed by atoms with van der Waals surface area (Å²) >= 11 is 0. The Hall–Kier alpha value is -1.28. The Bertz CT molecular complexity index is 349. The van der Waals surface area contributed by atoms with Crippen molar-refractivity contribution in [3.8, 4) is 5.75 Å². The van der Waals surface area contributed by atoms with E-state index in [0.29, 0.717) is 6.04 Å². The van der Waals surface area contributed by atoms with Gasteiger partial charge in [-0.15, -0.1) is 0 Å². The topological polar surface area (TPSA) is 21.3 Å². The summed E-state index contributed by atoms with van der Waals surface area (Å²) in [5, 5.41) is 3.38. The predicted molar refractivity (Wildman–Crippen MR) is 90.4 cm³/mol. The molecule has 0 saturated carbocycles. The van der Waals surface area contributed by atoms with Crippen LogP contribution in [0, 0.1) is 0 Å². The van der Waals surface area contributed by atoms with Gasteiger partial charge in [0.2, 0.25) is 0 Å². The molecular weight excluding hydrogens is 246 g/mol. The molecule has 0 saturated heterocycles. The van der Waals surface area contributed by atoms with Gasteiger partial charge in [0.1, 0.15) is 5.75 Å². The van der Waals surface area contributed by atoms with Crippen molar-refractivity contribution in [1.29, 1.82) is 0 Å². The highest BCUT2D eigenvalue weighted by Gasteiger charge is 1.92. The van der Waals surface area contributed by atoms with E-state index in [-0.39, 0.29) is 0 Å². The van der Waals surface area contributed by atoms with Gasteiger partial charge >= 0.3 is 0 Å². The second-order valence-electron chi connectivity index (χ2n) is 4.89. The zero-order valence-corrected chi connectivity index (χ0v) is 13.6. The first-order valence-corrected chi connectivity index (χ1v) is 7.76. The third-order valence-electron chi connectivity index (χ3n) is 2.92. The zero-order chi connectivity index (χ0) is 15.2. The second-order valence-corrected chi connectivity index (χ2v) is 4.89. The first-order chi connectivity index (χ1) is 9.67. The van der Waals surface area contributed by atoms with Crippen LogP contribution in [-0.2, 0) is 0 Å². The normalized spacial score (nSPS) is 11.2. The minimum absolute atomic E-state index is 0.704. The molecule has 1 N–H and O–H groups in total. The third-order valence-corrected chi connectivity index (χ3v) is 2.92. The maximum absolute atomic E-state index is 5.45. The van der Waals surface area contributed by atoms with E-state index in [2.05, 4.69) is 39.6 Å². The Morgan fingerprint density at radius 1 is 1.25 bits per heavy atom. The zero-order valence-electron chi connectivity index (χ0n) is 13.6. The van der Waals surface area contributed by atoms with Crippen LogP contribution in [0.15, 0.2) is 30.8 Å². The van der Waals surface area contributed by atoms with Crippen LogP contribution in [0.2, 0.25) is 0 Å². The minimum Gasteiger partial charge on any atom is -0.494 e. The largest absolute Gasteiger partial charge is 0.494 e. The Balaban J connectivity index is 0.000000396. The molecule has 0 aliphatic carbocycles. The smallest absolute Gasteiger partial charge is 0.119 e. The quantitative estimate of drug-likeness (QED) is 0.729. The van der Waals surface area contributed by atoms with Crippen LogP contribution in [-0.4, -0.2) is 19.2 Å². The average molecular weight is 277 g/mol. The van der Waals surface area contributed by atoms with Gasteiger partial charge in [-0.2, -0.15) is 0 Å². The molecule has 20 heavy (non-hydrogen) atoms. The Morgan fingerprint density at radius 2 is 2.00 bits per heavy atom. The van der Waals surface area contributed by atoms with Gasteiger partial charge in [0.15, 0.2) is 0 Å². The molecule has 0 fully saturated rings. The van der Waals surface area contributed by atoms with Gasteiger partial charge in [0.25, 0.3) is 0 Å². The van der Waals surface area contributed by atoms with E-state index < -0.39 is 0 Å². The van der Waals surface area contributed by atoms with Crippen LogP contribution in [0.5, 0.6) is 5.75 Å². The van der Waals surface area contributed by atoms with Gasteiger partial charge in [-0.25, -0.2) is 0 Å². The lowest BCUT2D eigenvalue weighted by Gasteiger charge is -2.08. The molecule has 0 bridgehead atoms. The van der Waals surface area contributed by atoms with Crippen molar-refractivity contribution in [1.82, 2.24) is 5.32 Å². The van der Waals surface area contributed by atoms with E-state index in [1.54, 1.807) is 0 Å². The SMILES string of the molecule is C=Cc1cccc(OCCC)c1.CCCNC(C)CC. The summed E-state index contributed by atoms with van der Waals surface area (Å²) in [6.45, 7) is 14.3. The molecule has 0 aliphatic heterocycles. The van der Waals surface area contributed by atoms with Gasteiger partial charge in [0.05, 0.1) is 6.61 Å². The lowest BCUT2D eigenvalue weighted by Crippen LogP contribution is -2.25. The van der Waals surface area contributed by atoms with E-state index in [1.165, 1.54) is 12.8 Å². The van der Waals surface area contributed by atoms with Crippen LogP contribution in [0.25, 0.3) is 6.08 Å². The second kappa shape index (κ2) is 12.7. The fourth-order valence-electron chi connectivity index (χ4n) is 1.49. The predicted octanol–water partition coefficient (Wildman–Crippen LogP) is 4.90. The van der Waals surface area contributed by atoms with Gasteiger partial charge in [0, 0.05) is 6.04 Å². The monoisotopic (exact) mass is 277 g/mol. The van der Waals surface area contributed by atoms with E-state index in [0.717, 1.165) is 30.9 Å². The molecule has 1 aromatic carbocycles. The first-order valence-electron chi connectivity index (χ1n) is 7.76. The molecule has 0 spiro atoms. The van der Waals surface area contributed by atoms with Crippen molar-refractivity contribution in [3.05, 3.63) is 36.4 Å². The average Bonchev–Trinajstić information content (AvgIpc) is 2.51. The molecule has 1 unspecified atom stereocenters. The summed E-state index contributed by atoms with van der Waals surface area (Å²) in [5.41, 5.74) is 1.10. The van der Waals surface area contributed by atoms with Crippen molar-refractivity contribution < 1.29 is 4.74 Å². The van der Waals surface area contributed by atoms with Crippen molar-refractivity contribution in [2.24, 2.45) is 0 Å². The van der Waals surface area contributed by atoms with Gasteiger partial charge < -0.3 is 10.1 Å². The van der Waals surface area contributed by atoms with Crippen LogP contribution >= 0.6 is 0 Å². The Labute approximate surface area is 125 Å². The molecule has 0 radical (unpaired) electrons. The number of hydrogen-bond acceptors (Lipinski definition) is 2. The molecule has 0 heterocycles. The number of ether oxygens (including phenoxy) is 1. The van der Waals surface area contributed by atoms with Crippen LogP contribution in [0.1, 0.15) is 52.5 Å². The van der Waals surface area contributed by atoms with Crippen molar-refractivity contribution in [3.63, 3.8) is 0 Å². The highest BCUT2D eigenvalue weighted by Crippen LogP contribution is 2.13. The highest BCUT2D eigenvalue weighted by atomic mass is 16.5. The molecule has 0 amide bonds. The fraction of sp³-hybridized carbons (Fsp3) is 0.556. The molecule has 114 valence electrons. The van der Waals surface area contributed by atoms with Crippen molar-refractivity contribution in [2.75, 3.05) is 13.2 Å². The molecule has 1 aromatic rings. The lowest BCUT2D eigenvalue weighted by molar-refractivity contribution is 0.317. The summed E-state index contributed by atoms with van der Waals surface area (Å²) in [6.07, 6.45) is 5.33. The number of benzene rings is 1. The molecule has 2 heteroatoms. The summed E-state index contributed by atoms with van der Waals surface area (Å²) in [7, 11) is 0. The molecule has 2 nitrogen and oxygen atoms in total. The number of nitrogens with one attached hydrogen (secondary N) is 1. The lowest BCUT2D eigenvalue weighted by atomic mass is 10.2. The summed E-state index contributed by atoms with van der Waals surface area (Å²) in [4.78, 5) is 0. The Kier molecular flexibility index (Phi) is 11.9. The van der Waals surface area contributed by atoms with E-state index >= 15 is 0 Å². The van der Waals surface area contributed by atoms with E-state index in [9.17, 15) is 0 Å². The van der Waals surface area contributed by atoms with E-state index in [1.807, 2.05) is 30.3 Å². The Morgan fingerprint density at radius 3 is 2.55 bits per heavy atom. The summed E-state index contributed by atoms with van der Waals surface area (Å²) in [6, 6.07) is 8.63. The maximum Gasteiger partial charge on any atom is 0.119 e. The van der Waals surface area contributed by atoms with Gasteiger partial charge in [-0.3, -0.25) is 0 Å². The van der Waals surface area contributed by atoms with Crippen LogP contribution in [0.4, 0.5) is 0 Å². The number of rotatable bonds is 8.